The molecule has 0 radical (unpaired) electrons. The van der Waals surface area contributed by atoms with Gasteiger partial charge in [-0.15, -0.1) is 0 Å². The molecule has 0 aliphatic rings. The number of alkyl halides is 1. The van der Waals surface area contributed by atoms with Gasteiger partial charge in [-0.05, 0) is 45.0 Å². The third-order valence-electron chi connectivity index (χ3n) is 5.55. The zero-order chi connectivity index (χ0) is 26.6. The summed E-state index contributed by atoms with van der Waals surface area (Å²) in [6, 6.07) is 10.8. The zero-order valence-electron chi connectivity index (χ0n) is 20.6. The summed E-state index contributed by atoms with van der Waals surface area (Å²) in [6.45, 7) is 4.62. The molecule has 0 aromatic carbocycles. The third-order valence-corrected chi connectivity index (χ3v) is 5.55. The molecule has 0 saturated carbocycles. The van der Waals surface area contributed by atoms with Crippen LogP contribution in [0.4, 0.5) is 15.8 Å². The number of amides is 1. The maximum absolute atomic E-state index is 14.3. The molecule has 0 bridgehead atoms. The summed E-state index contributed by atoms with van der Waals surface area (Å²) in [4.78, 5) is 21.6. The van der Waals surface area contributed by atoms with Gasteiger partial charge in [0.15, 0.2) is 0 Å². The van der Waals surface area contributed by atoms with E-state index in [1.807, 2.05) is 19.1 Å². The molecular formula is C26H26FN7O3. The van der Waals surface area contributed by atoms with Crippen LogP contribution in [-0.4, -0.2) is 55.5 Å². The number of anilines is 2. The second kappa shape index (κ2) is 10.6. The normalized spacial score (nSPS) is 12.1. The van der Waals surface area contributed by atoms with E-state index in [-0.39, 0.29) is 12.1 Å². The molecule has 10 nitrogen and oxygen atoms in total. The number of rotatable bonds is 9. The standard InChI is InChI=1S/C26H26FN7O3/c1-4-37-19-8-17(12-29-13-19)33-21-9-22(23-6-5-18-7-16(10-28)11-32-34(18)23)30-14-20(21)25(35)31-15-24(27)26(2,3)36/h5-9,11-14,24,36H,4,15H2,1-3H3,(H,30,33)(H,31,35)/t24-/m1/s1. The highest BCUT2D eigenvalue weighted by Gasteiger charge is 2.27. The second-order valence-corrected chi connectivity index (χ2v) is 8.82. The highest BCUT2D eigenvalue weighted by molar-refractivity contribution is 6.00. The first kappa shape index (κ1) is 25.5. The number of carbonyl (C=O) groups excluding carboxylic acids is 1. The fourth-order valence-electron chi connectivity index (χ4n) is 3.55. The molecule has 0 saturated heterocycles. The van der Waals surface area contributed by atoms with Crippen LogP contribution in [0.2, 0.25) is 0 Å². The molecular weight excluding hydrogens is 477 g/mol. The number of carbonyl (C=O) groups is 1. The highest BCUT2D eigenvalue weighted by atomic mass is 19.1. The summed E-state index contributed by atoms with van der Waals surface area (Å²) in [7, 11) is 0. The van der Waals surface area contributed by atoms with E-state index in [1.165, 1.54) is 26.2 Å². The molecule has 4 aromatic heterocycles. The molecule has 0 aliphatic carbocycles. The van der Waals surface area contributed by atoms with Crippen molar-refractivity contribution in [2.45, 2.75) is 32.5 Å². The van der Waals surface area contributed by atoms with Crippen molar-refractivity contribution < 1.29 is 19.0 Å². The minimum Gasteiger partial charge on any atom is -0.492 e. The van der Waals surface area contributed by atoms with E-state index in [0.29, 0.717) is 46.2 Å². The van der Waals surface area contributed by atoms with Crippen molar-refractivity contribution in [3.8, 4) is 23.2 Å². The van der Waals surface area contributed by atoms with Gasteiger partial charge in [0.2, 0.25) is 0 Å². The fraction of sp³-hybridized carbons (Fsp3) is 0.269. The molecule has 37 heavy (non-hydrogen) atoms. The van der Waals surface area contributed by atoms with Crippen LogP contribution in [0.15, 0.2) is 55.1 Å². The lowest BCUT2D eigenvalue weighted by atomic mass is 10.0. The second-order valence-electron chi connectivity index (χ2n) is 8.82. The molecule has 4 aromatic rings. The molecule has 4 heterocycles. The first-order valence-corrected chi connectivity index (χ1v) is 11.6. The van der Waals surface area contributed by atoms with E-state index in [0.717, 1.165) is 0 Å². The molecule has 0 aliphatic heterocycles. The van der Waals surface area contributed by atoms with Crippen LogP contribution in [0.1, 0.15) is 36.7 Å². The highest BCUT2D eigenvalue weighted by Crippen LogP contribution is 2.28. The number of aliphatic hydroxyl groups is 1. The van der Waals surface area contributed by atoms with Gasteiger partial charge in [-0.2, -0.15) is 10.4 Å². The number of nitriles is 1. The van der Waals surface area contributed by atoms with Crippen LogP contribution in [-0.2, 0) is 0 Å². The van der Waals surface area contributed by atoms with E-state index in [2.05, 4.69) is 31.8 Å². The van der Waals surface area contributed by atoms with E-state index < -0.39 is 17.7 Å². The maximum Gasteiger partial charge on any atom is 0.255 e. The lowest BCUT2D eigenvalue weighted by molar-refractivity contribution is -0.00177. The van der Waals surface area contributed by atoms with E-state index >= 15 is 0 Å². The minimum absolute atomic E-state index is 0.161. The van der Waals surface area contributed by atoms with E-state index in [9.17, 15) is 14.3 Å². The van der Waals surface area contributed by atoms with Crippen molar-refractivity contribution in [1.82, 2.24) is 24.9 Å². The Hall–Kier alpha value is -4.56. The molecule has 0 unspecified atom stereocenters. The van der Waals surface area contributed by atoms with Crippen LogP contribution in [0, 0.1) is 11.3 Å². The predicted molar refractivity (Wildman–Crippen MR) is 135 cm³/mol. The average molecular weight is 504 g/mol. The smallest absolute Gasteiger partial charge is 0.255 e. The van der Waals surface area contributed by atoms with Crippen LogP contribution >= 0.6 is 0 Å². The van der Waals surface area contributed by atoms with Crippen molar-refractivity contribution in [3.63, 3.8) is 0 Å². The van der Waals surface area contributed by atoms with Gasteiger partial charge in [-0.3, -0.25) is 14.8 Å². The van der Waals surface area contributed by atoms with Gasteiger partial charge in [0, 0.05) is 12.3 Å². The van der Waals surface area contributed by atoms with Crippen LogP contribution in [0.25, 0.3) is 16.9 Å². The molecule has 4 rings (SSSR count). The minimum atomic E-state index is -1.66. The molecule has 190 valence electrons. The van der Waals surface area contributed by atoms with Crippen LogP contribution in [0.3, 0.4) is 0 Å². The number of nitrogens with one attached hydrogen (secondary N) is 2. The number of pyridine rings is 2. The van der Waals surface area contributed by atoms with Crippen molar-refractivity contribution in [2.75, 3.05) is 18.5 Å². The Kier molecular flexibility index (Phi) is 7.31. The van der Waals surface area contributed by atoms with E-state index in [4.69, 9.17) is 10.00 Å². The van der Waals surface area contributed by atoms with Gasteiger partial charge in [0.05, 0.1) is 76.7 Å². The monoisotopic (exact) mass is 503 g/mol. The first-order chi connectivity index (χ1) is 17.7. The number of hydrogen-bond donors (Lipinski definition) is 3. The molecule has 0 spiro atoms. The Morgan fingerprint density at radius 2 is 2.05 bits per heavy atom. The molecule has 1 atom stereocenters. The molecule has 0 fully saturated rings. The zero-order valence-corrected chi connectivity index (χ0v) is 20.6. The third kappa shape index (κ3) is 5.82. The summed E-state index contributed by atoms with van der Waals surface area (Å²) in [5.74, 6) is -0.0208. The number of nitrogens with zero attached hydrogens (tertiary/aromatic N) is 5. The number of halogens is 1. The Bertz CT molecular complexity index is 1470. The van der Waals surface area contributed by atoms with Crippen molar-refractivity contribution in [2.24, 2.45) is 0 Å². The summed E-state index contributed by atoms with van der Waals surface area (Å²) < 4.78 is 21.4. The average Bonchev–Trinajstić information content (AvgIpc) is 3.30. The summed E-state index contributed by atoms with van der Waals surface area (Å²) >= 11 is 0. The lowest BCUT2D eigenvalue weighted by Gasteiger charge is -2.22. The van der Waals surface area contributed by atoms with Gasteiger partial charge in [0.25, 0.3) is 5.91 Å². The van der Waals surface area contributed by atoms with Gasteiger partial charge >= 0.3 is 0 Å². The SMILES string of the molecule is CCOc1cncc(Nc2cc(-c3ccc4cc(C#N)cnn34)ncc2C(=O)NC[C@@H](F)C(C)(C)O)c1. The van der Waals surface area contributed by atoms with E-state index in [1.54, 1.807) is 35.1 Å². The van der Waals surface area contributed by atoms with Crippen molar-refractivity contribution in [3.05, 3.63) is 66.2 Å². The largest absolute Gasteiger partial charge is 0.492 e. The Morgan fingerprint density at radius 3 is 2.78 bits per heavy atom. The van der Waals surface area contributed by atoms with Gasteiger partial charge in [-0.1, -0.05) is 0 Å². The number of ether oxygens (including phenoxy) is 1. The van der Waals surface area contributed by atoms with Gasteiger partial charge in [-0.25, -0.2) is 8.91 Å². The molecule has 1 amide bonds. The number of aromatic nitrogens is 4. The lowest BCUT2D eigenvalue weighted by Crippen LogP contribution is -2.42. The van der Waals surface area contributed by atoms with Crippen LogP contribution in [0.5, 0.6) is 5.75 Å². The molecule has 3 N–H and O–H groups in total. The quantitative estimate of drug-likeness (QED) is 0.315. The Balaban J connectivity index is 1.71. The first-order valence-electron chi connectivity index (χ1n) is 11.6. The summed E-state index contributed by atoms with van der Waals surface area (Å²) in [5.41, 5.74) is 1.80. The summed E-state index contributed by atoms with van der Waals surface area (Å²) in [6.07, 6.45) is 4.33. The molecule has 11 heteroatoms. The van der Waals surface area contributed by atoms with Crippen LogP contribution < -0.4 is 15.4 Å². The predicted octanol–water partition coefficient (Wildman–Crippen LogP) is 3.64. The maximum atomic E-state index is 14.3. The number of fused-ring (bicyclic) bond motifs is 1. The van der Waals surface area contributed by atoms with Crippen molar-refractivity contribution >= 4 is 22.8 Å². The van der Waals surface area contributed by atoms with Crippen molar-refractivity contribution in [1.29, 1.82) is 5.26 Å². The topological polar surface area (TPSA) is 137 Å². The number of hydrogen-bond acceptors (Lipinski definition) is 8. The van der Waals surface area contributed by atoms with Gasteiger partial charge < -0.3 is 20.5 Å². The summed E-state index contributed by atoms with van der Waals surface area (Å²) in [5, 5.41) is 29.0. The Labute approximate surface area is 212 Å². The Morgan fingerprint density at radius 1 is 1.24 bits per heavy atom. The fourth-order valence-corrected chi connectivity index (χ4v) is 3.55. The van der Waals surface area contributed by atoms with Gasteiger partial charge in [0.1, 0.15) is 18.0 Å².